The van der Waals surface area contributed by atoms with Crippen molar-refractivity contribution in [3.05, 3.63) is 35.9 Å². The second-order valence-electron chi connectivity index (χ2n) is 5.02. The summed E-state index contributed by atoms with van der Waals surface area (Å²) in [5, 5.41) is 0. The summed E-state index contributed by atoms with van der Waals surface area (Å²) < 4.78 is 0. The molecule has 0 bridgehead atoms. The Kier molecular flexibility index (Phi) is 4.57. The summed E-state index contributed by atoms with van der Waals surface area (Å²) in [6, 6.07) is 11.5. The molecule has 17 heavy (non-hydrogen) atoms. The molecule has 2 nitrogen and oxygen atoms in total. The summed E-state index contributed by atoms with van der Waals surface area (Å²) in [7, 11) is 0. The standard InChI is InChI=1S/C15H24N2/c1-2-17(14-10-11-14)12-6-9-15(16)13-7-4-3-5-8-13/h3-5,7-8,14-15H,2,6,9-12,16H2,1H3. The van der Waals surface area contributed by atoms with Crippen LogP contribution in [-0.4, -0.2) is 24.0 Å². The Balaban J connectivity index is 1.71. The maximum Gasteiger partial charge on any atom is 0.0295 e. The normalized spacial score (nSPS) is 17.4. The topological polar surface area (TPSA) is 29.3 Å². The highest BCUT2D eigenvalue weighted by Crippen LogP contribution is 2.27. The van der Waals surface area contributed by atoms with Gasteiger partial charge in [0, 0.05) is 12.1 Å². The highest BCUT2D eigenvalue weighted by atomic mass is 15.2. The zero-order valence-electron chi connectivity index (χ0n) is 10.8. The number of hydrogen-bond acceptors (Lipinski definition) is 2. The first-order chi connectivity index (χ1) is 8.31. The molecule has 1 atom stereocenters. The first kappa shape index (κ1) is 12.6. The van der Waals surface area contributed by atoms with E-state index in [1.165, 1.54) is 37.9 Å². The minimum Gasteiger partial charge on any atom is -0.324 e. The van der Waals surface area contributed by atoms with Crippen LogP contribution in [0.2, 0.25) is 0 Å². The van der Waals surface area contributed by atoms with Crippen molar-refractivity contribution in [2.75, 3.05) is 13.1 Å². The summed E-state index contributed by atoms with van der Waals surface area (Å²) >= 11 is 0. The van der Waals surface area contributed by atoms with E-state index in [0.717, 1.165) is 12.5 Å². The van der Waals surface area contributed by atoms with Crippen LogP contribution in [0.15, 0.2) is 30.3 Å². The molecule has 0 spiro atoms. The SMILES string of the molecule is CCN(CCCC(N)c1ccccc1)C1CC1. The quantitative estimate of drug-likeness (QED) is 0.783. The fourth-order valence-electron chi connectivity index (χ4n) is 2.42. The Morgan fingerprint density at radius 1 is 1.29 bits per heavy atom. The maximum absolute atomic E-state index is 6.20. The molecule has 1 aliphatic rings. The number of rotatable bonds is 7. The lowest BCUT2D eigenvalue weighted by Crippen LogP contribution is -2.27. The van der Waals surface area contributed by atoms with Gasteiger partial charge in [-0.25, -0.2) is 0 Å². The van der Waals surface area contributed by atoms with Crippen molar-refractivity contribution < 1.29 is 0 Å². The lowest BCUT2D eigenvalue weighted by atomic mass is 10.0. The van der Waals surface area contributed by atoms with E-state index < -0.39 is 0 Å². The van der Waals surface area contributed by atoms with E-state index in [2.05, 4.69) is 36.1 Å². The highest BCUT2D eigenvalue weighted by Gasteiger charge is 2.27. The third-order valence-corrected chi connectivity index (χ3v) is 3.66. The predicted molar refractivity (Wildman–Crippen MR) is 72.9 cm³/mol. The van der Waals surface area contributed by atoms with Crippen LogP contribution in [0.5, 0.6) is 0 Å². The molecule has 1 unspecified atom stereocenters. The molecule has 2 heteroatoms. The first-order valence-corrected chi connectivity index (χ1v) is 6.86. The molecular formula is C15H24N2. The van der Waals surface area contributed by atoms with Crippen molar-refractivity contribution >= 4 is 0 Å². The van der Waals surface area contributed by atoms with Crippen molar-refractivity contribution in [3.63, 3.8) is 0 Å². The second-order valence-corrected chi connectivity index (χ2v) is 5.02. The summed E-state index contributed by atoms with van der Waals surface area (Å²) in [6.45, 7) is 4.66. The van der Waals surface area contributed by atoms with Gasteiger partial charge in [-0.15, -0.1) is 0 Å². The third-order valence-electron chi connectivity index (χ3n) is 3.66. The Bertz CT molecular complexity index is 319. The molecule has 1 fully saturated rings. The van der Waals surface area contributed by atoms with Crippen molar-refractivity contribution in [2.24, 2.45) is 5.73 Å². The smallest absolute Gasteiger partial charge is 0.0295 e. The average Bonchev–Trinajstić information content (AvgIpc) is 3.20. The van der Waals surface area contributed by atoms with E-state index in [0.29, 0.717) is 0 Å². The molecule has 0 radical (unpaired) electrons. The average molecular weight is 232 g/mol. The third kappa shape index (κ3) is 3.83. The molecule has 1 aliphatic carbocycles. The van der Waals surface area contributed by atoms with Gasteiger partial charge in [0.1, 0.15) is 0 Å². The molecule has 94 valence electrons. The van der Waals surface area contributed by atoms with E-state index in [1.807, 2.05) is 6.07 Å². The number of benzene rings is 1. The monoisotopic (exact) mass is 232 g/mol. The largest absolute Gasteiger partial charge is 0.324 e. The van der Waals surface area contributed by atoms with Crippen molar-refractivity contribution in [1.82, 2.24) is 4.90 Å². The minimum atomic E-state index is 0.203. The van der Waals surface area contributed by atoms with Crippen LogP contribution in [-0.2, 0) is 0 Å². The molecule has 0 saturated heterocycles. The van der Waals surface area contributed by atoms with Gasteiger partial charge in [-0.3, -0.25) is 0 Å². The van der Waals surface area contributed by atoms with E-state index in [1.54, 1.807) is 0 Å². The molecule has 1 aromatic carbocycles. The Labute approximate surface area is 105 Å². The van der Waals surface area contributed by atoms with Gasteiger partial charge in [0.15, 0.2) is 0 Å². The molecule has 0 heterocycles. The summed E-state index contributed by atoms with van der Waals surface area (Å²) in [5.41, 5.74) is 7.46. The first-order valence-electron chi connectivity index (χ1n) is 6.86. The molecular weight excluding hydrogens is 208 g/mol. The van der Waals surface area contributed by atoms with Crippen LogP contribution < -0.4 is 5.73 Å². The van der Waals surface area contributed by atoms with Crippen LogP contribution in [0.1, 0.15) is 44.2 Å². The zero-order valence-corrected chi connectivity index (χ0v) is 10.8. The molecule has 0 aliphatic heterocycles. The fourth-order valence-corrected chi connectivity index (χ4v) is 2.42. The van der Waals surface area contributed by atoms with Gasteiger partial charge in [-0.2, -0.15) is 0 Å². The van der Waals surface area contributed by atoms with Gasteiger partial charge in [0.05, 0.1) is 0 Å². The fraction of sp³-hybridized carbons (Fsp3) is 0.600. The highest BCUT2D eigenvalue weighted by molar-refractivity contribution is 5.18. The molecule has 0 aromatic heterocycles. The van der Waals surface area contributed by atoms with Gasteiger partial charge in [-0.05, 0) is 44.3 Å². The number of nitrogens with two attached hydrogens (primary N) is 1. The lowest BCUT2D eigenvalue weighted by molar-refractivity contribution is 0.269. The Hall–Kier alpha value is -0.860. The summed E-state index contributed by atoms with van der Waals surface area (Å²) in [4.78, 5) is 2.59. The summed E-state index contributed by atoms with van der Waals surface area (Å²) in [6.07, 6.45) is 5.10. The maximum atomic E-state index is 6.20. The second kappa shape index (κ2) is 6.18. The van der Waals surface area contributed by atoms with Crippen LogP contribution >= 0.6 is 0 Å². The van der Waals surface area contributed by atoms with Crippen molar-refractivity contribution in [3.8, 4) is 0 Å². The number of nitrogens with zero attached hydrogens (tertiary/aromatic N) is 1. The lowest BCUT2D eigenvalue weighted by Gasteiger charge is -2.20. The van der Waals surface area contributed by atoms with Gasteiger partial charge in [0.25, 0.3) is 0 Å². The molecule has 1 aromatic rings. The van der Waals surface area contributed by atoms with Crippen LogP contribution in [0, 0.1) is 0 Å². The predicted octanol–water partition coefficient (Wildman–Crippen LogP) is 2.95. The van der Waals surface area contributed by atoms with Crippen molar-refractivity contribution in [1.29, 1.82) is 0 Å². The Morgan fingerprint density at radius 3 is 2.59 bits per heavy atom. The van der Waals surface area contributed by atoms with E-state index in [4.69, 9.17) is 5.73 Å². The van der Waals surface area contributed by atoms with Crippen LogP contribution in [0.4, 0.5) is 0 Å². The molecule has 1 saturated carbocycles. The number of hydrogen-bond donors (Lipinski definition) is 1. The molecule has 2 rings (SSSR count). The van der Waals surface area contributed by atoms with Gasteiger partial charge in [-0.1, -0.05) is 37.3 Å². The molecule has 0 amide bonds. The van der Waals surface area contributed by atoms with E-state index in [9.17, 15) is 0 Å². The van der Waals surface area contributed by atoms with Gasteiger partial charge < -0.3 is 10.6 Å². The van der Waals surface area contributed by atoms with E-state index >= 15 is 0 Å². The van der Waals surface area contributed by atoms with Gasteiger partial charge >= 0.3 is 0 Å². The van der Waals surface area contributed by atoms with Crippen LogP contribution in [0.25, 0.3) is 0 Å². The van der Waals surface area contributed by atoms with Crippen molar-refractivity contribution in [2.45, 2.75) is 44.7 Å². The Morgan fingerprint density at radius 2 is 2.00 bits per heavy atom. The van der Waals surface area contributed by atoms with E-state index in [-0.39, 0.29) is 6.04 Å². The van der Waals surface area contributed by atoms with Gasteiger partial charge in [0.2, 0.25) is 0 Å². The zero-order chi connectivity index (χ0) is 12.1. The minimum absolute atomic E-state index is 0.203. The molecule has 2 N–H and O–H groups in total. The van der Waals surface area contributed by atoms with Crippen LogP contribution in [0.3, 0.4) is 0 Å². The summed E-state index contributed by atoms with van der Waals surface area (Å²) in [5.74, 6) is 0.